The topological polar surface area (TPSA) is 18.5 Å². The molecule has 17 heavy (non-hydrogen) atoms. The lowest BCUT2D eigenvalue weighted by atomic mass is 10.1. The van der Waals surface area contributed by atoms with Gasteiger partial charge in [-0.2, -0.15) is 0 Å². The van der Waals surface area contributed by atoms with Gasteiger partial charge in [0.05, 0.1) is 12.7 Å². The summed E-state index contributed by atoms with van der Waals surface area (Å²) in [5.74, 6) is 0. The Morgan fingerprint density at radius 2 is 1.88 bits per heavy atom. The van der Waals surface area contributed by atoms with E-state index in [-0.39, 0.29) is 12.4 Å². The molecule has 0 aliphatic carbocycles. The van der Waals surface area contributed by atoms with E-state index in [1.807, 2.05) is 6.07 Å². The van der Waals surface area contributed by atoms with Crippen LogP contribution in [-0.4, -0.2) is 27.1 Å². The summed E-state index contributed by atoms with van der Waals surface area (Å²) in [4.78, 5) is 0. The van der Waals surface area contributed by atoms with Crippen LogP contribution in [0, 0.1) is 0 Å². The van der Waals surface area contributed by atoms with Gasteiger partial charge < -0.3 is 9.47 Å². The van der Waals surface area contributed by atoms with Crippen LogP contribution in [0.25, 0.3) is 0 Å². The Balaban J connectivity index is 1.82. The number of hydrogen-bond acceptors (Lipinski definition) is 2. The van der Waals surface area contributed by atoms with E-state index in [1.165, 1.54) is 5.56 Å². The first-order chi connectivity index (χ1) is 8.03. The van der Waals surface area contributed by atoms with Crippen LogP contribution in [0.1, 0.15) is 5.56 Å². The Morgan fingerprint density at radius 3 is 2.53 bits per heavy atom. The average molecular weight is 250 g/mol. The summed E-state index contributed by atoms with van der Waals surface area (Å²) in [5, 5.41) is 0. The number of ether oxygens (including phenoxy) is 2. The van der Waals surface area contributed by atoms with E-state index < -0.39 is 8.07 Å². The maximum absolute atomic E-state index is 5.95. The molecule has 94 valence electrons. The highest BCUT2D eigenvalue weighted by atomic mass is 28.3. The van der Waals surface area contributed by atoms with Crippen molar-refractivity contribution in [2.24, 2.45) is 0 Å². The zero-order valence-corrected chi connectivity index (χ0v) is 12.0. The van der Waals surface area contributed by atoms with Crippen molar-refractivity contribution in [1.29, 1.82) is 0 Å². The molecule has 2 unspecified atom stereocenters. The van der Waals surface area contributed by atoms with Crippen molar-refractivity contribution in [3.8, 4) is 0 Å². The highest BCUT2D eigenvalue weighted by molar-refractivity contribution is 6.76. The molecule has 0 spiro atoms. The fourth-order valence-corrected chi connectivity index (χ4v) is 3.31. The van der Waals surface area contributed by atoms with E-state index in [0.717, 1.165) is 19.1 Å². The molecule has 3 heteroatoms. The van der Waals surface area contributed by atoms with Gasteiger partial charge in [-0.1, -0.05) is 50.0 Å². The van der Waals surface area contributed by atoms with Crippen LogP contribution in [0.15, 0.2) is 30.3 Å². The van der Waals surface area contributed by atoms with Crippen molar-refractivity contribution in [1.82, 2.24) is 0 Å². The predicted molar refractivity (Wildman–Crippen MR) is 72.9 cm³/mol. The van der Waals surface area contributed by atoms with Crippen molar-refractivity contribution in [2.75, 3.05) is 6.61 Å². The third-order valence-electron chi connectivity index (χ3n) is 2.90. The molecule has 0 radical (unpaired) electrons. The first-order valence-electron chi connectivity index (χ1n) is 6.34. The van der Waals surface area contributed by atoms with E-state index in [2.05, 4.69) is 43.9 Å². The van der Waals surface area contributed by atoms with Gasteiger partial charge in [-0.25, -0.2) is 0 Å². The van der Waals surface area contributed by atoms with Gasteiger partial charge in [-0.15, -0.1) is 0 Å². The minimum absolute atomic E-state index is 0.0374. The summed E-state index contributed by atoms with van der Waals surface area (Å²) in [6.45, 7) is 7.79. The summed E-state index contributed by atoms with van der Waals surface area (Å²) in [6, 6.07) is 11.6. The molecular formula is C14H22O2Si. The summed E-state index contributed by atoms with van der Waals surface area (Å²) in [7, 11) is -1.09. The van der Waals surface area contributed by atoms with Crippen LogP contribution in [0.2, 0.25) is 25.7 Å². The van der Waals surface area contributed by atoms with E-state index in [1.54, 1.807) is 0 Å². The number of hydrogen-bond donors (Lipinski definition) is 0. The molecule has 2 atom stereocenters. The smallest absolute Gasteiger partial charge is 0.155 e. The molecule has 0 bridgehead atoms. The van der Waals surface area contributed by atoms with Gasteiger partial charge in [-0.3, -0.25) is 0 Å². The zero-order chi connectivity index (χ0) is 12.3. The fraction of sp³-hybridized carbons (Fsp3) is 0.571. The van der Waals surface area contributed by atoms with Gasteiger partial charge >= 0.3 is 0 Å². The minimum atomic E-state index is -1.09. The second kappa shape index (κ2) is 5.34. The first kappa shape index (κ1) is 12.8. The van der Waals surface area contributed by atoms with Crippen LogP contribution in [-0.2, 0) is 15.9 Å². The predicted octanol–water partition coefficient (Wildman–Crippen LogP) is 3.31. The number of rotatable bonds is 4. The zero-order valence-electron chi connectivity index (χ0n) is 11.0. The Labute approximate surface area is 105 Å². The molecule has 1 heterocycles. The first-order valence-corrected chi connectivity index (χ1v) is 10.0. The molecule has 0 N–H and O–H groups in total. The van der Waals surface area contributed by atoms with E-state index >= 15 is 0 Å². The van der Waals surface area contributed by atoms with Gasteiger partial charge in [0.15, 0.2) is 6.29 Å². The second-order valence-corrected chi connectivity index (χ2v) is 11.5. The number of benzene rings is 1. The standard InChI is InChI=1S/C14H22O2Si/c1-17(2,3)11-14-15-10-13(16-14)9-12-7-5-4-6-8-12/h4-8,13-14H,9-11H2,1-3H3. The third-order valence-corrected chi connectivity index (χ3v) is 4.46. The van der Waals surface area contributed by atoms with Gasteiger partial charge in [0.2, 0.25) is 0 Å². The highest BCUT2D eigenvalue weighted by Crippen LogP contribution is 2.23. The van der Waals surface area contributed by atoms with Gasteiger partial charge in [-0.05, 0) is 11.6 Å². The second-order valence-electron chi connectivity index (χ2n) is 5.98. The van der Waals surface area contributed by atoms with Gasteiger partial charge in [0.25, 0.3) is 0 Å². The molecule has 0 saturated carbocycles. The Hall–Kier alpha value is -0.643. The molecular weight excluding hydrogens is 228 g/mol. The molecule has 1 saturated heterocycles. The molecule has 1 aliphatic rings. The molecule has 0 amide bonds. The van der Waals surface area contributed by atoms with Crippen molar-refractivity contribution >= 4 is 8.07 Å². The largest absolute Gasteiger partial charge is 0.350 e. The van der Waals surface area contributed by atoms with E-state index in [9.17, 15) is 0 Å². The Kier molecular flexibility index (Phi) is 4.02. The van der Waals surface area contributed by atoms with Gasteiger partial charge in [0, 0.05) is 14.5 Å². The summed E-state index contributed by atoms with van der Waals surface area (Å²) in [6.07, 6.45) is 1.23. The summed E-state index contributed by atoms with van der Waals surface area (Å²) < 4.78 is 11.7. The maximum Gasteiger partial charge on any atom is 0.155 e. The van der Waals surface area contributed by atoms with Crippen LogP contribution >= 0.6 is 0 Å². The third kappa shape index (κ3) is 4.26. The lowest BCUT2D eigenvalue weighted by Crippen LogP contribution is -2.27. The maximum atomic E-state index is 5.95. The van der Waals surface area contributed by atoms with Crippen molar-refractivity contribution in [2.45, 2.75) is 44.5 Å². The van der Waals surface area contributed by atoms with E-state index in [4.69, 9.17) is 9.47 Å². The van der Waals surface area contributed by atoms with Crippen LogP contribution in [0.3, 0.4) is 0 Å². The fourth-order valence-electron chi connectivity index (χ4n) is 2.10. The molecule has 1 aliphatic heterocycles. The van der Waals surface area contributed by atoms with Crippen molar-refractivity contribution in [3.63, 3.8) is 0 Å². The SMILES string of the molecule is C[Si](C)(C)CC1OCC(Cc2ccccc2)O1. The lowest BCUT2D eigenvalue weighted by molar-refractivity contribution is -0.0425. The van der Waals surface area contributed by atoms with Crippen LogP contribution in [0.4, 0.5) is 0 Å². The molecule has 0 aromatic heterocycles. The lowest BCUT2D eigenvalue weighted by Gasteiger charge is -2.20. The van der Waals surface area contributed by atoms with Crippen molar-refractivity contribution in [3.05, 3.63) is 35.9 Å². The van der Waals surface area contributed by atoms with Crippen molar-refractivity contribution < 1.29 is 9.47 Å². The summed E-state index contributed by atoms with van der Waals surface area (Å²) in [5.41, 5.74) is 1.33. The normalized spacial score (nSPS) is 25.1. The van der Waals surface area contributed by atoms with Crippen LogP contribution < -0.4 is 0 Å². The minimum Gasteiger partial charge on any atom is -0.350 e. The highest BCUT2D eigenvalue weighted by Gasteiger charge is 2.30. The molecule has 2 nitrogen and oxygen atoms in total. The Bertz CT molecular complexity index is 345. The molecule has 1 aromatic carbocycles. The Morgan fingerprint density at radius 1 is 1.18 bits per heavy atom. The molecule has 2 rings (SSSR count). The van der Waals surface area contributed by atoms with Gasteiger partial charge in [0.1, 0.15) is 0 Å². The van der Waals surface area contributed by atoms with E-state index in [0.29, 0.717) is 0 Å². The quantitative estimate of drug-likeness (QED) is 0.763. The molecule has 1 aromatic rings. The monoisotopic (exact) mass is 250 g/mol. The molecule has 1 fully saturated rings. The average Bonchev–Trinajstić information content (AvgIpc) is 2.64. The van der Waals surface area contributed by atoms with Crippen LogP contribution in [0.5, 0.6) is 0 Å². The summed E-state index contributed by atoms with van der Waals surface area (Å²) >= 11 is 0.